The molecule has 0 unspecified atom stereocenters. The number of nitrogen functional groups attached to an aromatic ring is 1. The van der Waals surface area contributed by atoms with Crippen molar-refractivity contribution in [1.29, 1.82) is 0 Å². The quantitative estimate of drug-likeness (QED) is 0.816. The highest BCUT2D eigenvalue weighted by Crippen LogP contribution is 2.30. The molecule has 0 bridgehead atoms. The van der Waals surface area contributed by atoms with Crippen molar-refractivity contribution >= 4 is 34.8 Å². The molecule has 1 aliphatic heterocycles. The molecule has 0 fully saturated rings. The van der Waals surface area contributed by atoms with Crippen LogP contribution in [0.4, 0.5) is 5.69 Å². The van der Waals surface area contributed by atoms with Crippen molar-refractivity contribution in [2.24, 2.45) is 0 Å². The average Bonchev–Trinajstić information content (AvgIpc) is 2.81. The average molecular weight is 307 g/mol. The van der Waals surface area contributed by atoms with Gasteiger partial charge in [0.2, 0.25) is 0 Å². The number of rotatable bonds is 1. The van der Waals surface area contributed by atoms with Gasteiger partial charge in [0.05, 0.1) is 15.6 Å². The first kappa shape index (κ1) is 13.3. The van der Waals surface area contributed by atoms with Crippen molar-refractivity contribution in [3.63, 3.8) is 0 Å². The Morgan fingerprint density at radius 2 is 1.70 bits per heavy atom. The highest BCUT2D eigenvalue weighted by molar-refractivity contribution is 6.39. The maximum atomic E-state index is 12.6. The molecule has 0 aromatic heterocycles. The number of amides is 1. The number of nitrogens with two attached hydrogens (primary N) is 1. The van der Waals surface area contributed by atoms with Crippen LogP contribution in [0, 0.1) is 0 Å². The van der Waals surface area contributed by atoms with Crippen molar-refractivity contribution in [2.45, 2.75) is 13.1 Å². The zero-order chi connectivity index (χ0) is 14.3. The Balaban J connectivity index is 1.91. The van der Waals surface area contributed by atoms with Crippen molar-refractivity contribution < 1.29 is 4.79 Å². The van der Waals surface area contributed by atoms with E-state index in [0.29, 0.717) is 34.4 Å². The van der Waals surface area contributed by atoms with Crippen LogP contribution < -0.4 is 5.73 Å². The van der Waals surface area contributed by atoms with Gasteiger partial charge in [0.1, 0.15) is 0 Å². The summed E-state index contributed by atoms with van der Waals surface area (Å²) in [7, 11) is 0. The SMILES string of the molecule is Nc1ccc2c(c1)CN(C(=O)c1c(Cl)cccc1Cl)C2. The zero-order valence-electron chi connectivity index (χ0n) is 10.6. The first-order chi connectivity index (χ1) is 9.56. The standard InChI is InChI=1S/C15H12Cl2N2O/c16-12-2-1-3-13(17)14(12)15(20)19-7-9-4-5-11(18)6-10(9)8-19/h1-6H,7-8,18H2. The Hall–Kier alpha value is -1.71. The topological polar surface area (TPSA) is 46.3 Å². The first-order valence-electron chi connectivity index (χ1n) is 6.17. The van der Waals surface area contributed by atoms with E-state index in [-0.39, 0.29) is 5.91 Å². The second-order valence-electron chi connectivity index (χ2n) is 4.79. The molecule has 1 heterocycles. The molecule has 20 heavy (non-hydrogen) atoms. The molecule has 2 N–H and O–H groups in total. The van der Waals surface area contributed by atoms with Gasteiger partial charge in [-0.25, -0.2) is 0 Å². The number of nitrogens with zero attached hydrogens (tertiary/aromatic N) is 1. The molecule has 3 nitrogen and oxygen atoms in total. The molecular weight excluding hydrogens is 295 g/mol. The Labute approximate surface area is 126 Å². The van der Waals surface area contributed by atoms with E-state index in [1.165, 1.54) is 0 Å². The minimum absolute atomic E-state index is 0.157. The third-order valence-corrected chi connectivity index (χ3v) is 4.05. The van der Waals surface area contributed by atoms with E-state index >= 15 is 0 Å². The Kier molecular flexibility index (Phi) is 3.32. The van der Waals surface area contributed by atoms with Crippen molar-refractivity contribution in [3.8, 4) is 0 Å². The molecule has 1 amide bonds. The van der Waals surface area contributed by atoms with Crippen LogP contribution in [-0.2, 0) is 13.1 Å². The molecule has 0 saturated carbocycles. The Bertz CT molecular complexity index is 680. The van der Waals surface area contributed by atoms with Crippen molar-refractivity contribution in [2.75, 3.05) is 5.73 Å². The Morgan fingerprint density at radius 3 is 2.40 bits per heavy atom. The number of carbonyl (C=O) groups is 1. The van der Waals surface area contributed by atoms with Gasteiger partial charge in [-0.2, -0.15) is 0 Å². The van der Waals surface area contributed by atoms with E-state index in [1.54, 1.807) is 23.1 Å². The molecule has 0 saturated heterocycles. The van der Waals surface area contributed by atoms with Crippen molar-refractivity contribution in [3.05, 3.63) is 63.1 Å². The molecule has 0 spiro atoms. The van der Waals surface area contributed by atoms with Crippen LogP contribution in [0.15, 0.2) is 36.4 Å². The van der Waals surface area contributed by atoms with Gasteiger partial charge in [-0.15, -0.1) is 0 Å². The number of benzene rings is 2. The molecule has 2 aromatic carbocycles. The number of carbonyl (C=O) groups excluding carboxylic acids is 1. The second-order valence-corrected chi connectivity index (χ2v) is 5.60. The van der Waals surface area contributed by atoms with E-state index in [4.69, 9.17) is 28.9 Å². The summed E-state index contributed by atoms with van der Waals surface area (Å²) in [6.45, 7) is 1.08. The molecule has 3 rings (SSSR count). The fraction of sp³-hybridized carbons (Fsp3) is 0.133. The highest BCUT2D eigenvalue weighted by Gasteiger charge is 2.27. The fourth-order valence-electron chi connectivity index (χ4n) is 2.42. The monoisotopic (exact) mass is 306 g/mol. The summed E-state index contributed by atoms with van der Waals surface area (Å²) in [5.41, 5.74) is 9.00. The van der Waals surface area contributed by atoms with Gasteiger partial charge < -0.3 is 10.6 Å². The summed E-state index contributed by atoms with van der Waals surface area (Å²) in [5.74, 6) is -0.157. The number of halogens is 2. The number of anilines is 1. The summed E-state index contributed by atoms with van der Waals surface area (Å²) in [4.78, 5) is 14.3. The number of fused-ring (bicyclic) bond motifs is 1. The normalized spacial score (nSPS) is 13.4. The van der Waals surface area contributed by atoms with Crippen LogP contribution in [-0.4, -0.2) is 10.8 Å². The maximum absolute atomic E-state index is 12.6. The van der Waals surface area contributed by atoms with Gasteiger partial charge in [0, 0.05) is 18.8 Å². The molecule has 5 heteroatoms. The third-order valence-electron chi connectivity index (χ3n) is 3.42. The lowest BCUT2D eigenvalue weighted by atomic mass is 10.1. The van der Waals surface area contributed by atoms with Gasteiger partial charge >= 0.3 is 0 Å². The summed E-state index contributed by atoms with van der Waals surface area (Å²) in [6.07, 6.45) is 0. The molecular formula is C15H12Cl2N2O. The van der Waals surface area contributed by atoms with E-state index in [0.717, 1.165) is 11.1 Å². The Morgan fingerprint density at radius 1 is 1.05 bits per heavy atom. The van der Waals surface area contributed by atoms with Crippen LogP contribution in [0.5, 0.6) is 0 Å². The minimum Gasteiger partial charge on any atom is -0.399 e. The van der Waals surface area contributed by atoms with Crippen LogP contribution >= 0.6 is 23.2 Å². The lowest BCUT2D eigenvalue weighted by Crippen LogP contribution is -2.25. The smallest absolute Gasteiger partial charge is 0.257 e. The molecule has 0 aliphatic carbocycles. The largest absolute Gasteiger partial charge is 0.399 e. The van der Waals surface area contributed by atoms with E-state index in [1.807, 2.05) is 18.2 Å². The summed E-state index contributed by atoms with van der Waals surface area (Å²) >= 11 is 12.2. The molecule has 0 radical (unpaired) electrons. The first-order valence-corrected chi connectivity index (χ1v) is 6.92. The molecule has 102 valence electrons. The summed E-state index contributed by atoms with van der Waals surface area (Å²) in [5, 5.41) is 0.746. The zero-order valence-corrected chi connectivity index (χ0v) is 12.1. The fourth-order valence-corrected chi connectivity index (χ4v) is 2.98. The third kappa shape index (κ3) is 2.23. The van der Waals surface area contributed by atoms with E-state index in [9.17, 15) is 4.79 Å². The number of hydrogen-bond acceptors (Lipinski definition) is 2. The van der Waals surface area contributed by atoms with Crippen LogP contribution in [0.25, 0.3) is 0 Å². The molecule has 0 atom stereocenters. The lowest BCUT2D eigenvalue weighted by molar-refractivity contribution is 0.0752. The number of hydrogen-bond donors (Lipinski definition) is 1. The highest BCUT2D eigenvalue weighted by atomic mass is 35.5. The second kappa shape index (κ2) is 5.00. The van der Waals surface area contributed by atoms with Crippen molar-refractivity contribution in [1.82, 2.24) is 4.90 Å². The summed E-state index contributed by atoms with van der Waals surface area (Å²) in [6, 6.07) is 10.8. The van der Waals surface area contributed by atoms with Crippen LogP contribution in [0.3, 0.4) is 0 Å². The van der Waals surface area contributed by atoms with Gasteiger partial charge in [0.15, 0.2) is 0 Å². The van der Waals surface area contributed by atoms with Gasteiger partial charge in [-0.3, -0.25) is 4.79 Å². The molecule has 2 aromatic rings. The minimum atomic E-state index is -0.157. The van der Waals surface area contributed by atoms with Gasteiger partial charge in [-0.1, -0.05) is 35.3 Å². The predicted octanol–water partition coefficient (Wildman–Crippen LogP) is 3.73. The summed E-state index contributed by atoms with van der Waals surface area (Å²) < 4.78 is 0. The maximum Gasteiger partial charge on any atom is 0.257 e. The van der Waals surface area contributed by atoms with Crippen LogP contribution in [0.1, 0.15) is 21.5 Å². The van der Waals surface area contributed by atoms with E-state index < -0.39 is 0 Å². The lowest BCUT2D eigenvalue weighted by Gasteiger charge is -2.17. The van der Waals surface area contributed by atoms with Gasteiger partial charge in [0.25, 0.3) is 5.91 Å². The van der Waals surface area contributed by atoms with Crippen LogP contribution in [0.2, 0.25) is 10.0 Å². The molecule has 1 aliphatic rings. The van der Waals surface area contributed by atoms with E-state index in [2.05, 4.69) is 0 Å². The van der Waals surface area contributed by atoms with Gasteiger partial charge in [-0.05, 0) is 35.4 Å². The predicted molar refractivity (Wildman–Crippen MR) is 80.9 cm³/mol.